The Morgan fingerprint density at radius 3 is 2.63 bits per heavy atom. The van der Waals surface area contributed by atoms with Gasteiger partial charge in [-0.15, -0.1) is 0 Å². The zero-order valence-electron chi connectivity index (χ0n) is 17.0. The molecule has 0 unspecified atom stereocenters. The number of nitrogens with zero attached hydrogens (tertiary/aromatic N) is 4. The van der Waals surface area contributed by atoms with Crippen LogP contribution in [0.25, 0.3) is 0 Å². The third-order valence-electron chi connectivity index (χ3n) is 5.75. The molecule has 3 heterocycles. The molecule has 1 aromatic heterocycles. The number of likely N-dealkylation sites (tertiary alicyclic amines) is 1. The van der Waals surface area contributed by atoms with Crippen LogP contribution in [0, 0.1) is 12.8 Å². The maximum atomic E-state index is 12.9. The van der Waals surface area contributed by atoms with Crippen molar-refractivity contribution in [2.24, 2.45) is 5.92 Å². The molecule has 150 valence electrons. The van der Waals surface area contributed by atoms with Crippen LogP contribution in [0.3, 0.4) is 0 Å². The van der Waals surface area contributed by atoms with E-state index in [1.807, 2.05) is 21.4 Å². The third-order valence-corrected chi connectivity index (χ3v) is 5.75. The van der Waals surface area contributed by atoms with Gasteiger partial charge in [0, 0.05) is 44.7 Å². The molecule has 0 aliphatic carbocycles. The summed E-state index contributed by atoms with van der Waals surface area (Å²) in [6, 6.07) is 0. The quantitative estimate of drug-likeness (QED) is 0.765. The van der Waals surface area contributed by atoms with Crippen molar-refractivity contribution >= 4 is 12.0 Å². The van der Waals surface area contributed by atoms with Gasteiger partial charge in [0.15, 0.2) is 0 Å². The summed E-state index contributed by atoms with van der Waals surface area (Å²) in [6.45, 7) is 11.8. The van der Waals surface area contributed by atoms with Crippen LogP contribution in [-0.4, -0.2) is 63.4 Å². The number of hydrogen-bond donors (Lipinski definition) is 0. The molecule has 0 N–H and O–H groups in total. The Bertz CT molecular complexity index is 689. The van der Waals surface area contributed by atoms with Crippen molar-refractivity contribution in [2.45, 2.75) is 65.5 Å². The van der Waals surface area contributed by atoms with Gasteiger partial charge in [-0.3, -0.25) is 9.48 Å². The van der Waals surface area contributed by atoms with Crippen LogP contribution in [0.5, 0.6) is 0 Å². The third kappa shape index (κ3) is 4.12. The van der Waals surface area contributed by atoms with E-state index in [0.29, 0.717) is 44.0 Å². The second-order valence-electron chi connectivity index (χ2n) is 8.31. The average molecular weight is 377 g/mol. The average Bonchev–Trinajstić information content (AvgIpc) is 3.14. The molecule has 7 heteroatoms. The fourth-order valence-corrected chi connectivity index (χ4v) is 3.92. The molecule has 27 heavy (non-hydrogen) atoms. The fraction of sp³-hybridized carbons (Fsp3) is 0.750. The Balaban J connectivity index is 1.59. The maximum absolute atomic E-state index is 12.9. The van der Waals surface area contributed by atoms with Crippen molar-refractivity contribution in [3.63, 3.8) is 0 Å². The normalized spacial score (nSPS) is 19.2. The Morgan fingerprint density at radius 1 is 1.30 bits per heavy atom. The Morgan fingerprint density at radius 2 is 2.00 bits per heavy atom. The first-order chi connectivity index (χ1) is 12.8. The number of carbonyl (C=O) groups is 2. The van der Waals surface area contributed by atoms with Crippen LogP contribution < -0.4 is 0 Å². The summed E-state index contributed by atoms with van der Waals surface area (Å²) in [7, 11) is 0. The van der Waals surface area contributed by atoms with Crippen LogP contribution in [0.2, 0.25) is 0 Å². The molecule has 2 fully saturated rings. The van der Waals surface area contributed by atoms with Crippen LogP contribution >= 0.6 is 0 Å². The van der Waals surface area contributed by atoms with E-state index in [4.69, 9.17) is 4.74 Å². The molecule has 2 aliphatic heterocycles. The number of rotatable bonds is 6. The second-order valence-corrected chi connectivity index (χ2v) is 8.31. The topological polar surface area (TPSA) is 67.7 Å². The van der Waals surface area contributed by atoms with E-state index >= 15 is 0 Å². The van der Waals surface area contributed by atoms with Gasteiger partial charge in [0.1, 0.15) is 5.60 Å². The van der Waals surface area contributed by atoms with Gasteiger partial charge >= 0.3 is 6.09 Å². The molecule has 1 aromatic rings. The van der Waals surface area contributed by atoms with Gasteiger partial charge in [0.05, 0.1) is 18.3 Å². The van der Waals surface area contributed by atoms with E-state index in [1.54, 1.807) is 6.20 Å². The lowest BCUT2D eigenvalue weighted by Gasteiger charge is -2.37. The van der Waals surface area contributed by atoms with E-state index in [1.165, 1.54) is 0 Å². The summed E-state index contributed by atoms with van der Waals surface area (Å²) in [4.78, 5) is 28.8. The molecule has 2 saturated heterocycles. The molecule has 3 rings (SSSR count). The Hall–Kier alpha value is -2.05. The molecular formula is C20H32N4O3. The fourth-order valence-electron chi connectivity index (χ4n) is 3.92. The monoisotopic (exact) mass is 376 g/mol. The lowest BCUT2D eigenvalue weighted by molar-refractivity contribution is 0.00311. The van der Waals surface area contributed by atoms with Crippen LogP contribution in [0.4, 0.5) is 4.79 Å². The second kappa shape index (κ2) is 7.90. The Kier molecular flexibility index (Phi) is 5.77. The molecule has 0 saturated carbocycles. The summed E-state index contributed by atoms with van der Waals surface area (Å²) in [5.41, 5.74) is 1.18. The summed E-state index contributed by atoms with van der Waals surface area (Å²) in [5, 5.41) is 4.34. The van der Waals surface area contributed by atoms with Crippen molar-refractivity contribution in [3.05, 3.63) is 17.5 Å². The number of piperidine rings is 1. The smallest absolute Gasteiger partial charge is 0.410 e. The van der Waals surface area contributed by atoms with Gasteiger partial charge in [0.25, 0.3) is 5.91 Å². The van der Waals surface area contributed by atoms with Gasteiger partial charge in [-0.1, -0.05) is 20.8 Å². The molecule has 0 aromatic carbocycles. The maximum Gasteiger partial charge on any atom is 0.410 e. The molecule has 2 aliphatic rings. The van der Waals surface area contributed by atoms with Gasteiger partial charge < -0.3 is 14.5 Å². The first-order valence-electron chi connectivity index (χ1n) is 10.1. The zero-order valence-corrected chi connectivity index (χ0v) is 17.0. The largest absolute Gasteiger partial charge is 0.441 e. The number of aromatic nitrogens is 2. The van der Waals surface area contributed by atoms with Gasteiger partial charge in [-0.05, 0) is 25.7 Å². The molecular weight excluding hydrogens is 344 g/mol. The van der Waals surface area contributed by atoms with E-state index in [0.717, 1.165) is 31.6 Å². The van der Waals surface area contributed by atoms with Crippen molar-refractivity contribution in [1.29, 1.82) is 0 Å². The van der Waals surface area contributed by atoms with Gasteiger partial charge in [-0.2, -0.15) is 5.10 Å². The van der Waals surface area contributed by atoms with E-state index in [-0.39, 0.29) is 12.0 Å². The summed E-state index contributed by atoms with van der Waals surface area (Å²) in [5.74, 6) is 0.594. The number of amides is 2. The lowest BCUT2D eigenvalue weighted by atomic mass is 9.91. The van der Waals surface area contributed by atoms with Crippen LogP contribution in [0.1, 0.15) is 62.5 Å². The van der Waals surface area contributed by atoms with Crippen LogP contribution in [0.15, 0.2) is 6.20 Å². The molecule has 0 atom stereocenters. The highest BCUT2D eigenvalue weighted by molar-refractivity contribution is 5.95. The first kappa shape index (κ1) is 19.7. The van der Waals surface area contributed by atoms with Crippen molar-refractivity contribution < 1.29 is 14.3 Å². The molecule has 0 bridgehead atoms. The molecule has 0 radical (unpaired) electrons. The highest BCUT2D eigenvalue weighted by Crippen LogP contribution is 2.34. The number of ether oxygens (including phenoxy) is 1. The molecule has 7 nitrogen and oxygen atoms in total. The zero-order chi connectivity index (χ0) is 19.6. The van der Waals surface area contributed by atoms with Gasteiger partial charge in [0.2, 0.25) is 0 Å². The standard InChI is InChI=1S/C20H32N4O3/c1-5-9-24-16(4)17(13-21-24)18(25)22-11-7-20(8-12-22)14-23(19(26)27-20)10-6-15(2)3/h13,15H,5-12,14H2,1-4H3. The minimum Gasteiger partial charge on any atom is -0.441 e. The van der Waals surface area contributed by atoms with Gasteiger partial charge in [-0.25, -0.2) is 4.79 Å². The van der Waals surface area contributed by atoms with Crippen molar-refractivity contribution in [2.75, 3.05) is 26.2 Å². The minimum atomic E-state index is -0.424. The highest BCUT2D eigenvalue weighted by Gasteiger charge is 2.47. The summed E-state index contributed by atoms with van der Waals surface area (Å²) < 4.78 is 7.65. The van der Waals surface area contributed by atoms with E-state index < -0.39 is 5.60 Å². The highest BCUT2D eigenvalue weighted by atomic mass is 16.6. The minimum absolute atomic E-state index is 0.0330. The number of aryl methyl sites for hydroxylation is 1. The summed E-state index contributed by atoms with van der Waals surface area (Å²) >= 11 is 0. The molecule has 1 spiro atoms. The van der Waals surface area contributed by atoms with E-state index in [9.17, 15) is 9.59 Å². The number of hydrogen-bond acceptors (Lipinski definition) is 4. The van der Waals surface area contributed by atoms with E-state index in [2.05, 4.69) is 25.9 Å². The first-order valence-corrected chi connectivity index (χ1v) is 10.1. The predicted molar refractivity (Wildman–Crippen MR) is 103 cm³/mol. The number of carbonyl (C=O) groups excluding carboxylic acids is 2. The lowest BCUT2D eigenvalue weighted by Crippen LogP contribution is -2.48. The Labute approximate surface area is 161 Å². The predicted octanol–water partition coefficient (Wildman–Crippen LogP) is 3.07. The summed E-state index contributed by atoms with van der Waals surface area (Å²) in [6.07, 6.45) is 4.85. The van der Waals surface area contributed by atoms with Crippen molar-refractivity contribution in [1.82, 2.24) is 19.6 Å². The molecule has 2 amide bonds. The van der Waals surface area contributed by atoms with Crippen LogP contribution in [-0.2, 0) is 11.3 Å². The van der Waals surface area contributed by atoms with Crippen molar-refractivity contribution in [3.8, 4) is 0 Å². The SMILES string of the molecule is CCCn1ncc(C(=O)N2CCC3(CC2)CN(CCC(C)C)C(=O)O3)c1C.